The van der Waals surface area contributed by atoms with Crippen LogP contribution in [0.1, 0.15) is 15.9 Å². The number of rotatable bonds is 4. The van der Waals surface area contributed by atoms with E-state index in [1.165, 1.54) is 0 Å². The first-order valence-corrected chi connectivity index (χ1v) is 7.63. The number of halogens is 5. The lowest BCUT2D eigenvalue weighted by Gasteiger charge is -2.15. The molecule has 0 aliphatic carbocycles. The number of aromatic nitrogens is 1. The molecular weight excluding hydrogens is 389 g/mol. The smallest absolute Gasteiger partial charge is 0.416 e. The lowest BCUT2D eigenvalue weighted by Crippen LogP contribution is -2.25. The Labute approximate surface area is 153 Å². The van der Waals surface area contributed by atoms with Gasteiger partial charge in [0.1, 0.15) is 11.3 Å². The molecule has 146 valence electrons. The number of ether oxygens (including phenoxy) is 1. The van der Waals surface area contributed by atoms with Crippen LogP contribution in [0, 0.1) is 0 Å². The van der Waals surface area contributed by atoms with Crippen LogP contribution in [0.25, 0.3) is 16.6 Å². The standard InChI is InChI=1S/C18H10F5NO4/c19-17(20)28-12-5-3-11(4-6-12)24-14-8-10(18(21,22)23)2-1-9(14)7-13(15(24)25)16(26)27/h1-8,17H,(H,26,27). The molecule has 0 fully saturated rings. The molecule has 2 aromatic carbocycles. The van der Waals surface area contributed by atoms with Gasteiger partial charge < -0.3 is 9.84 Å². The van der Waals surface area contributed by atoms with E-state index in [0.29, 0.717) is 6.07 Å². The molecule has 3 aromatic rings. The average Bonchev–Trinajstić information content (AvgIpc) is 2.60. The quantitative estimate of drug-likeness (QED) is 0.664. The van der Waals surface area contributed by atoms with E-state index in [2.05, 4.69) is 4.74 Å². The number of carboxylic acid groups (broad SMARTS) is 1. The SMILES string of the molecule is O=C(O)c1cc2ccc(C(F)(F)F)cc2n(-c2ccc(OC(F)F)cc2)c1=O. The predicted octanol–water partition coefficient (Wildman–Crippen LogP) is 4.31. The number of nitrogens with zero attached hydrogens (tertiary/aromatic N) is 1. The van der Waals surface area contributed by atoms with Crippen molar-refractivity contribution >= 4 is 16.9 Å². The van der Waals surface area contributed by atoms with Gasteiger partial charge in [-0.2, -0.15) is 22.0 Å². The van der Waals surface area contributed by atoms with Gasteiger partial charge in [0.25, 0.3) is 5.56 Å². The molecule has 1 N–H and O–H groups in total. The second kappa shape index (κ2) is 6.95. The summed E-state index contributed by atoms with van der Waals surface area (Å²) in [5.74, 6) is -1.79. The van der Waals surface area contributed by atoms with Gasteiger partial charge in [0.15, 0.2) is 0 Å². The van der Waals surface area contributed by atoms with E-state index in [1.54, 1.807) is 0 Å². The summed E-state index contributed by atoms with van der Waals surface area (Å²) in [4.78, 5) is 24.0. The third-order valence-electron chi connectivity index (χ3n) is 3.88. The number of carboxylic acids is 1. The highest BCUT2D eigenvalue weighted by Crippen LogP contribution is 2.32. The number of pyridine rings is 1. The average molecular weight is 399 g/mol. The molecule has 1 heterocycles. The van der Waals surface area contributed by atoms with Crippen LogP contribution in [-0.2, 0) is 6.18 Å². The van der Waals surface area contributed by atoms with Gasteiger partial charge in [0.2, 0.25) is 0 Å². The van der Waals surface area contributed by atoms with Gasteiger partial charge in [-0.1, -0.05) is 6.07 Å². The Morgan fingerprint density at radius 1 is 1.04 bits per heavy atom. The predicted molar refractivity (Wildman–Crippen MR) is 88.1 cm³/mol. The Kier molecular flexibility index (Phi) is 4.80. The summed E-state index contributed by atoms with van der Waals surface area (Å²) in [5, 5.41) is 9.31. The molecule has 0 spiro atoms. The Morgan fingerprint density at radius 3 is 2.21 bits per heavy atom. The monoisotopic (exact) mass is 399 g/mol. The highest BCUT2D eigenvalue weighted by Gasteiger charge is 2.31. The highest BCUT2D eigenvalue weighted by atomic mass is 19.4. The second-order valence-corrected chi connectivity index (χ2v) is 5.65. The fourth-order valence-electron chi connectivity index (χ4n) is 2.67. The van der Waals surface area contributed by atoms with Gasteiger partial charge in [-0.05, 0) is 47.9 Å². The zero-order valence-electron chi connectivity index (χ0n) is 13.7. The molecule has 3 rings (SSSR count). The Hall–Kier alpha value is -3.43. The molecule has 1 aromatic heterocycles. The molecule has 28 heavy (non-hydrogen) atoms. The molecule has 0 atom stereocenters. The van der Waals surface area contributed by atoms with E-state index in [1.807, 2.05) is 0 Å². The maximum absolute atomic E-state index is 13.1. The van der Waals surface area contributed by atoms with E-state index in [9.17, 15) is 36.6 Å². The number of hydrogen-bond donors (Lipinski definition) is 1. The number of fused-ring (bicyclic) bond motifs is 1. The van der Waals surface area contributed by atoms with Crippen molar-refractivity contribution in [2.75, 3.05) is 0 Å². The Morgan fingerprint density at radius 2 is 1.68 bits per heavy atom. The molecule has 5 nitrogen and oxygen atoms in total. The minimum absolute atomic E-state index is 0.0148. The Balaban J connectivity index is 2.30. The molecular formula is C18H10F5NO4. The second-order valence-electron chi connectivity index (χ2n) is 5.65. The van der Waals surface area contributed by atoms with Gasteiger partial charge in [-0.15, -0.1) is 0 Å². The first-order valence-electron chi connectivity index (χ1n) is 7.63. The number of alkyl halides is 5. The van der Waals surface area contributed by atoms with Crippen LogP contribution in [-0.4, -0.2) is 22.3 Å². The van der Waals surface area contributed by atoms with E-state index in [4.69, 9.17) is 0 Å². The summed E-state index contributed by atoms with van der Waals surface area (Å²) in [6.45, 7) is -3.08. The van der Waals surface area contributed by atoms with Gasteiger partial charge in [0, 0.05) is 5.69 Å². The van der Waals surface area contributed by atoms with Gasteiger partial charge >= 0.3 is 18.8 Å². The summed E-state index contributed by atoms with van der Waals surface area (Å²) < 4.78 is 68.7. The molecule has 0 aliphatic rings. The van der Waals surface area contributed by atoms with E-state index in [0.717, 1.165) is 47.0 Å². The molecule has 0 bridgehead atoms. The van der Waals surface area contributed by atoms with E-state index in [-0.39, 0.29) is 22.3 Å². The first kappa shape index (κ1) is 19.3. The van der Waals surface area contributed by atoms with E-state index < -0.39 is 35.4 Å². The van der Waals surface area contributed by atoms with E-state index >= 15 is 0 Å². The van der Waals surface area contributed by atoms with Crippen LogP contribution < -0.4 is 10.3 Å². The summed E-state index contributed by atoms with van der Waals surface area (Å²) in [6, 6.07) is 7.99. The number of hydrogen-bond acceptors (Lipinski definition) is 3. The molecule has 0 amide bonds. The third kappa shape index (κ3) is 3.66. The number of carbonyl (C=O) groups is 1. The Bertz CT molecular complexity index is 1100. The van der Waals surface area contributed by atoms with Gasteiger partial charge in [-0.3, -0.25) is 9.36 Å². The number of aromatic carboxylic acids is 1. The normalized spacial score (nSPS) is 11.8. The topological polar surface area (TPSA) is 68.5 Å². The van der Waals surface area contributed by atoms with Gasteiger partial charge in [0.05, 0.1) is 11.1 Å². The van der Waals surface area contributed by atoms with Gasteiger partial charge in [-0.25, -0.2) is 4.79 Å². The lowest BCUT2D eigenvalue weighted by atomic mass is 10.1. The van der Waals surface area contributed by atoms with Crippen LogP contribution in [0.4, 0.5) is 22.0 Å². The molecule has 0 aliphatic heterocycles. The van der Waals surface area contributed by atoms with Crippen molar-refractivity contribution in [1.82, 2.24) is 4.57 Å². The third-order valence-corrected chi connectivity index (χ3v) is 3.88. The van der Waals surface area contributed by atoms with Crippen LogP contribution in [0.2, 0.25) is 0 Å². The molecule has 0 radical (unpaired) electrons. The fraction of sp³-hybridized carbons (Fsp3) is 0.111. The molecule has 0 saturated carbocycles. The number of benzene rings is 2. The van der Waals surface area contributed by atoms with Crippen molar-refractivity contribution in [1.29, 1.82) is 0 Å². The molecule has 0 unspecified atom stereocenters. The zero-order chi connectivity index (χ0) is 20.6. The summed E-state index contributed by atoms with van der Waals surface area (Å²) in [7, 11) is 0. The summed E-state index contributed by atoms with van der Waals surface area (Å²) >= 11 is 0. The van der Waals surface area contributed by atoms with Crippen LogP contribution in [0.5, 0.6) is 5.75 Å². The molecule has 10 heteroatoms. The zero-order valence-corrected chi connectivity index (χ0v) is 13.7. The van der Waals surface area contributed by atoms with Crippen molar-refractivity contribution < 1.29 is 36.6 Å². The highest BCUT2D eigenvalue weighted by molar-refractivity contribution is 5.93. The van der Waals surface area contributed by atoms with Crippen LogP contribution in [0.15, 0.2) is 53.3 Å². The van der Waals surface area contributed by atoms with Crippen molar-refractivity contribution in [3.8, 4) is 11.4 Å². The maximum Gasteiger partial charge on any atom is 0.416 e. The summed E-state index contributed by atoms with van der Waals surface area (Å²) in [6.07, 6.45) is -4.69. The first-order chi connectivity index (χ1) is 13.1. The lowest BCUT2D eigenvalue weighted by molar-refractivity contribution is -0.137. The van der Waals surface area contributed by atoms with Crippen molar-refractivity contribution in [3.05, 3.63) is 70.0 Å². The van der Waals surface area contributed by atoms with Crippen molar-refractivity contribution in [3.63, 3.8) is 0 Å². The minimum atomic E-state index is -4.69. The van der Waals surface area contributed by atoms with Crippen molar-refractivity contribution in [2.24, 2.45) is 0 Å². The minimum Gasteiger partial charge on any atom is -0.477 e. The van der Waals surface area contributed by atoms with Crippen LogP contribution in [0.3, 0.4) is 0 Å². The largest absolute Gasteiger partial charge is 0.477 e. The molecule has 0 saturated heterocycles. The summed E-state index contributed by atoms with van der Waals surface area (Å²) in [5.41, 5.74) is -2.96. The van der Waals surface area contributed by atoms with Crippen LogP contribution >= 0.6 is 0 Å². The fourth-order valence-corrected chi connectivity index (χ4v) is 2.67. The maximum atomic E-state index is 13.1. The van der Waals surface area contributed by atoms with Crippen molar-refractivity contribution in [2.45, 2.75) is 12.8 Å².